The van der Waals surface area contributed by atoms with Crippen molar-refractivity contribution < 1.29 is 0 Å². The number of fused-ring (bicyclic) bond motifs is 2. The summed E-state index contributed by atoms with van der Waals surface area (Å²) in [6.07, 6.45) is 12.4. The molecule has 0 fully saturated rings. The Hall–Kier alpha value is -4.68. The van der Waals surface area contributed by atoms with Crippen LogP contribution in [0.1, 0.15) is 5.56 Å². The quantitative estimate of drug-likeness (QED) is 0.219. The number of nitrogen functional groups attached to an aromatic ring is 1. The van der Waals surface area contributed by atoms with E-state index in [1.54, 1.807) is 24.8 Å². The number of anilines is 2. The maximum Gasteiger partial charge on any atom is 0.181 e. The van der Waals surface area contributed by atoms with Gasteiger partial charge in [0.05, 0.1) is 23.8 Å². The summed E-state index contributed by atoms with van der Waals surface area (Å²) in [5, 5.41) is 3.33. The number of imidazole rings is 2. The van der Waals surface area contributed by atoms with Crippen molar-refractivity contribution in [3.8, 4) is 22.5 Å². The van der Waals surface area contributed by atoms with E-state index in [2.05, 4.69) is 62.1 Å². The first-order chi connectivity index (χ1) is 20.1. The molecule has 10 nitrogen and oxygen atoms in total. The van der Waals surface area contributed by atoms with Crippen molar-refractivity contribution in [3.63, 3.8) is 0 Å². The van der Waals surface area contributed by atoms with Gasteiger partial charge in [-0.15, -0.1) is 0 Å². The molecule has 0 saturated carbocycles. The molecule has 2 aromatic carbocycles. The first kappa shape index (κ1) is 26.5. The molecule has 0 aliphatic carbocycles. The number of nitrogens with one attached hydrogen (secondary N) is 1. The lowest BCUT2D eigenvalue weighted by Crippen LogP contribution is -2.05. The number of halogens is 2. The van der Waals surface area contributed by atoms with E-state index in [4.69, 9.17) is 10.7 Å². The molecule has 0 aliphatic rings. The first-order valence-corrected chi connectivity index (χ1v) is 14.1. The summed E-state index contributed by atoms with van der Waals surface area (Å²) in [4.78, 5) is 25.8. The van der Waals surface area contributed by atoms with Crippen LogP contribution in [0.4, 0.5) is 11.6 Å². The van der Waals surface area contributed by atoms with Crippen LogP contribution >= 0.6 is 31.9 Å². The predicted octanol–water partition coefficient (Wildman–Crippen LogP) is 6.30. The molecule has 3 N–H and O–H groups in total. The molecule has 0 bridgehead atoms. The zero-order chi connectivity index (χ0) is 28.2. The molecule has 7 rings (SSSR count). The van der Waals surface area contributed by atoms with E-state index < -0.39 is 0 Å². The number of aromatic nitrogens is 8. The average molecular weight is 670 g/mol. The number of nitrogens with zero attached hydrogens (tertiary/aromatic N) is 8. The van der Waals surface area contributed by atoms with Crippen LogP contribution in [-0.2, 0) is 6.54 Å². The Morgan fingerprint density at radius 3 is 1.83 bits per heavy atom. The number of nitrogens with two attached hydrogens (primary N) is 1. The molecule has 0 spiro atoms. The van der Waals surface area contributed by atoms with Crippen LogP contribution in [0.25, 0.3) is 33.8 Å². The summed E-state index contributed by atoms with van der Waals surface area (Å²) in [5.74, 6) is 1.14. The van der Waals surface area contributed by atoms with Crippen LogP contribution in [0, 0.1) is 0 Å². The SMILES string of the molecule is Brc1cnc2c(NCc3cncnc3)nc(-c3ccccc3)cn12.Nc1nc(-c2ccccc2)cn2c(Br)cnc12. The normalized spacial score (nSPS) is 10.9. The van der Waals surface area contributed by atoms with Crippen LogP contribution < -0.4 is 11.1 Å². The van der Waals surface area contributed by atoms with Crippen LogP contribution in [-0.4, -0.2) is 38.7 Å². The molecule has 0 saturated heterocycles. The van der Waals surface area contributed by atoms with Gasteiger partial charge in [-0.3, -0.25) is 8.80 Å². The molecule has 41 heavy (non-hydrogen) atoms. The molecule has 7 aromatic rings. The molecule has 0 amide bonds. The molecule has 0 radical (unpaired) electrons. The lowest BCUT2D eigenvalue weighted by Gasteiger charge is -2.10. The zero-order valence-corrected chi connectivity index (χ0v) is 24.6. The second-order valence-electron chi connectivity index (χ2n) is 8.87. The van der Waals surface area contributed by atoms with Crippen molar-refractivity contribution in [2.45, 2.75) is 6.54 Å². The molecule has 12 heteroatoms. The summed E-state index contributed by atoms with van der Waals surface area (Å²) in [6, 6.07) is 20.0. The van der Waals surface area contributed by atoms with Crippen molar-refractivity contribution in [2.75, 3.05) is 11.1 Å². The molecule has 0 aliphatic heterocycles. The fourth-order valence-corrected chi connectivity index (χ4v) is 4.91. The highest BCUT2D eigenvalue weighted by Crippen LogP contribution is 2.26. The van der Waals surface area contributed by atoms with Gasteiger partial charge in [-0.1, -0.05) is 60.7 Å². The van der Waals surface area contributed by atoms with Gasteiger partial charge in [-0.05, 0) is 31.9 Å². The minimum Gasteiger partial charge on any atom is -0.381 e. The first-order valence-electron chi connectivity index (χ1n) is 12.5. The van der Waals surface area contributed by atoms with E-state index >= 15 is 0 Å². The van der Waals surface area contributed by atoms with Gasteiger partial charge >= 0.3 is 0 Å². The maximum absolute atomic E-state index is 5.89. The van der Waals surface area contributed by atoms with E-state index in [0.717, 1.165) is 42.9 Å². The van der Waals surface area contributed by atoms with Gasteiger partial charge in [0.1, 0.15) is 15.5 Å². The van der Waals surface area contributed by atoms with Crippen molar-refractivity contribution in [3.05, 3.63) is 119 Å². The fourth-order valence-electron chi connectivity index (χ4n) is 4.16. The standard InChI is InChI=1S/C17H13BrN6.C12H9BrN4/c18-15-9-22-17-16(21-8-12-6-19-11-20-7-12)23-14(10-24(15)17)13-4-2-1-3-5-13;13-10-6-15-12-11(14)16-9(7-17(10)12)8-4-2-1-3-5-8/h1-7,9-11H,8H2,(H,21,23);1-7H,(H2,14,16). The summed E-state index contributed by atoms with van der Waals surface area (Å²) in [5.41, 5.74) is 12.1. The van der Waals surface area contributed by atoms with Crippen molar-refractivity contribution in [1.82, 2.24) is 38.7 Å². The monoisotopic (exact) mass is 668 g/mol. The Morgan fingerprint density at radius 2 is 1.22 bits per heavy atom. The van der Waals surface area contributed by atoms with Gasteiger partial charge in [0.25, 0.3) is 0 Å². The van der Waals surface area contributed by atoms with Gasteiger partial charge < -0.3 is 11.1 Å². The lowest BCUT2D eigenvalue weighted by molar-refractivity contribution is 1.03. The third-order valence-corrected chi connectivity index (χ3v) is 7.31. The van der Waals surface area contributed by atoms with Crippen LogP contribution in [0.3, 0.4) is 0 Å². The van der Waals surface area contributed by atoms with E-state index in [9.17, 15) is 0 Å². The minimum atomic E-state index is 0.428. The predicted molar refractivity (Wildman–Crippen MR) is 166 cm³/mol. The Kier molecular flexibility index (Phi) is 7.65. The molecule has 5 heterocycles. The smallest absolute Gasteiger partial charge is 0.181 e. The largest absolute Gasteiger partial charge is 0.381 e. The fraction of sp³-hybridized carbons (Fsp3) is 0.0345. The molecular formula is C29H22Br2N10. The van der Waals surface area contributed by atoms with Crippen LogP contribution in [0.5, 0.6) is 0 Å². The van der Waals surface area contributed by atoms with Crippen molar-refractivity contribution in [2.24, 2.45) is 0 Å². The number of benzene rings is 2. The summed E-state index contributed by atoms with van der Waals surface area (Å²) in [6.45, 7) is 0.576. The Bertz CT molecular complexity index is 1920. The molecule has 5 aromatic heterocycles. The Balaban J connectivity index is 0.000000156. The topological polar surface area (TPSA) is 124 Å². The summed E-state index contributed by atoms with van der Waals surface area (Å²) < 4.78 is 5.59. The Labute approximate surface area is 251 Å². The molecule has 0 unspecified atom stereocenters. The van der Waals surface area contributed by atoms with Crippen molar-refractivity contribution >= 4 is 54.8 Å². The van der Waals surface area contributed by atoms with E-state index in [-0.39, 0.29) is 0 Å². The number of hydrogen-bond donors (Lipinski definition) is 2. The summed E-state index contributed by atoms with van der Waals surface area (Å²) >= 11 is 6.95. The molecule has 0 atom stereocenters. The van der Waals surface area contributed by atoms with Crippen molar-refractivity contribution in [1.29, 1.82) is 0 Å². The second kappa shape index (κ2) is 11.8. The molecule has 202 valence electrons. The van der Waals surface area contributed by atoms with Crippen LogP contribution in [0.2, 0.25) is 0 Å². The second-order valence-corrected chi connectivity index (χ2v) is 10.5. The third kappa shape index (κ3) is 5.79. The third-order valence-electron chi connectivity index (χ3n) is 6.13. The van der Waals surface area contributed by atoms with E-state index in [0.29, 0.717) is 23.8 Å². The van der Waals surface area contributed by atoms with Gasteiger partial charge in [0.15, 0.2) is 22.9 Å². The van der Waals surface area contributed by atoms with E-state index in [1.807, 2.05) is 81.9 Å². The van der Waals surface area contributed by atoms with Gasteiger partial charge in [0, 0.05) is 48.0 Å². The number of rotatable bonds is 5. The van der Waals surface area contributed by atoms with Gasteiger partial charge in [-0.25, -0.2) is 29.9 Å². The minimum absolute atomic E-state index is 0.428. The maximum atomic E-state index is 5.89. The highest BCUT2D eigenvalue weighted by Gasteiger charge is 2.12. The average Bonchev–Trinajstić information content (AvgIpc) is 3.60. The van der Waals surface area contributed by atoms with Gasteiger partial charge in [0.2, 0.25) is 0 Å². The Morgan fingerprint density at radius 1 is 0.683 bits per heavy atom. The summed E-state index contributed by atoms with van der Waals surface area (Å²) in [7, 11) is 0. The zero-order valence-electron chi connectivity index (χ0n) is 21.4. The molecular weight excluding hydrogens is 648 g/mol. The van der Waals surface area contributed by atoms with E-state index in [1.165, 1.54) is 6.33 Å². The lowest BCUT2D eigenvalue weighted by atomic mass is 10.2. The highest BCUT2D eigenvalue weighted by molar-refractivity contribution is 9.10. The van der Waals surface area contributed by atoms with Gasteiger partial charge in [-0.2, -0.15) is 0 Å². The van der Waals surface area contributed by atoms with Crippen LogP contribution in [0.15, 0.2) is 113 Å². The highest BCUT2D eigenvalue weighted by atomic mass is 79.9. The number of hydrogen-bond acceptors (Lipinski definition) is 8.